The molecule has 0 aliphatic heterocycles. The van der Waals surface area contributed by atoms with Gasteiger partial charge in [-0.15, -0.1) is 0 Å². The minimum atomic E-state index is 0.0401. The van der Waals surface area contributed by atoms with Crippen molar-refractivity contribution in [3.8, 4) is 11.5 Å². The quantitative estimate of drug-likeness (QED) is 0.745. The number of methoxy groups -OCH3 is 1. The molecule has 1 aromatic carbocycles. The molecule has 0 aromatic heterocycles. The van der Waals surface area contributed by atoms with E-state index >= 15 is 0 Å². The second kappa shape index (κ2) is 6.71. The summed E-state index contributed by atoms with van der Waals surface area (Å²) in [6.07, 6.45) is 1.21. The first-order chi connectivity index (χ1) is 7.76. The van der Waals surface area contributed by atoms with Crippen LogP contribution in [0.25, 0.3) is 0 Å². The minimum Gasteiger partial charge on any atom is -0.497 e. The summed E-state index contributed by atoms with van der Waals surface area (Å²) in [4.78, 5) is 10.9. The van der Waals surface area contributed by atoms with Crippen molar-refractivity contribution in [2.75, 3.05) is 20.8 Å². The average molecular weight is 223 g/mol. The van der Waals surface area contributed by atoms with E-state index in [0.717, 1.165) is 11.5 Å². The summed E-state index contributed by atoms with van der Waals surface area (Å²) in [7, 11) is 3.26. The summed E-state index contributed by atoms with van der Waals surface area (Å²) in [5.41, 5.74) is 0. The predicted octanol–water partition coefficient (Wildman–Crippen LogP) is 1.60. The Kier molecular flexibility index (Phi) is 5.19. The molecule has 1 aromatic rings. The van der Waals surface area contributed by atoms with Gasteiger partial charge < -0.3 is 14.8 Å². The lowest BCUT2D eigenvalue weighted by Crippen LogP contribution is -2.18. The van der Waals surface area contributed by atoms with Gasteiger partial charge in [-0.05, 0) is 30.7 Å². The molecule has 0 heterocycles. The van der Waals surface area contributed by atoms with Crippen molar-refractivity contribution < 1.29 is 14.3 Å². The van der Waals surface area contributed by atoms with Gasteiger partial charge in [-0.25, -0.2) is 0 Å². The van der Waals surface area contributed by atoms with Crippen LogP contribution in [0.15, 0.2) is 24.3 Å². The summed E-state index contributed by atoms with van der Waals surface area (Å²) in [5, 5.41) is 2.57. The van der Waals surface area contributed by atoms with Crippen LogP contribution in [0.1, 0.15) is 12.8 Å². The lowest BCUT2D eigenvalue weighted by molar-refractivity contribution is -0.120. The Labute approximate surface area is 95.6 Å². The SMILES string of the molecule is CNC(=O)CCCOc1ccc(OC)cc1. The fourth-order valence-corrected chi connectivity index (χ4v) is 1.22. The Hall–Kier alpha value is -1.71. The molecule has 88 valence electrons. The highest BCUT2D eigenvalue weighted by Gasteiger charge is 1.98. The molecule has 0 atom stereocenters. The van der Waals surface area contributed by atoms with E-state index in [4.69, 9.17) is 9.47 Å². The van der Waals surface area contributed by atoms with Gasteiger partial charge in [0.2, 0.25) is 5.91 Å². The molecule has 0 bridgehead atoms. The number of benzene rings is 1. The standard InChI is InChI=1S/C12H17NO3/c1-13-12(14)4-3-9-16-11-7-5-10(15-2)6-8-11/h5-8H,3-4,9H2,1-2H3,(H,13,14). The predicted molar refractivity (Wildman–Crippen MR) is 61.8 cm³/mol. The zero-order valence-electron chi connectivity index (χ0n) is 9.66. The number of carbonyl (C=O) groups excluding carboxylic acids is 1. The van der Waals surface area contributed by atoms with Gasteiger partial charge >= 0.3 is 0 Å². The van der Waals surface area contributed by atoms with Gasteiger partial charge in [0, 0.05) is 13.5 Å². The fourth-order valence-electron chi connectivity index (χ4n) is 1.22. The zero-order valence-corrected chi connectivity index (χ0v) is 9.66. The highest BCUT2D eigenvalue weighted by atomic mass is 16.5. The van der Waals surface area contributed by atoms with Crippen LogP contribution in [-0.2, 0) is 4.79 Å². The lowest BCUT2D eigenvalue weighted by atomic mass is 10.3. The van der Waals surface area contributed by atoms with Crippen molar-refractivity contribution in [2.24, 2.45) is 0 Å². The Morgan fingerprint density at radius 2 is 1.88 bits per heavy atom. The molecule has 0 saturated carbocycles. The van der Waals surface area contributed by atoms with Gasteiger partial charge in [0.05, 0.1) is 13.7 Å². The molecular formula is C12H17NO3. The molecule has 0 aliphatic carbocycles. The summed E-state index contributed by atoms with van der Waals surface area (Å²) in [6, 6.07) is 7.37. The van der Waals surface area contributed by atoms with Crippen LogP contribution in [-0.4, -0.2) is 26.7 Å². The Morgan fingerprint density at radius 1 is 1.25 bits per heavy atom. The number of amides is 1. The van der Waals surface area contributed by atoms with Crippen LogP contribution in [0.2, 0.25) is 0 Å². The van der Waals surface area contributed by atoms with Gasteiger partial charge in [-0.2, -0.15) is 0 Å². The average Bonchev–Trinajstić information content (AvgIpc) is 2.35. The van der Waals surface area contributed by atoms with Gasteiger partial charge in [-0.3, -0.25) is 4.79 Å². The molecule has 4 nitrogen and oxygen atoms in total. The first-order valence-corrected chi connectivity index (χ1v) is 5.23. The lowest BCUT2D eigenvalue weighted by Gasteiger charge is -2.06. The number of hydrogen-bond donors (Lipinski definition) is 1. The molecule has 0 saturated heterocycles. The van der Waals surface area contributed by atoms with E-state index in [-0.39, 0.29) is 5.91 Å². The van der Waals surface area contributed by atoms with Crippen LogP contribution >= 0.6 is 0 Å². The molecule has 1 N–H and O–H groups in total. The molecule has 4 heteroatoms. The molecule has 0 aliphatic rings. The van der Waals surface area contributed by atoms with E-state index in [2.05, 4.69) is 5.32 Å². The van der Waals surface area contributed by atoms with Crippen molar-refractivity contribution in [1.29, 1.82) is 0 Å². The molecule has 0 fully saturated rings. The monoisotopic (exact) mass is 223 g/mol. The maximum atomic E-state index is 10.9. The van der Waals surface area contributed by atoms with E-state index < -0.39 is 0 Å². The van der Waals surface area contributed by atoms with Gasteiger partial charge in [0.25, 0.3) is 0 Å². The third-order valence-electron chi connectivity index (χ3n) is 2.16. The molecule has 1 rings (SSSR count). The normalized spacial score (nSPS) is 9.62. The minimum absolute atomic E-state index is 0.0401. The third-order valence-corrected chi connectivity index (χ3v) is 2.16. The number of hydrogen-bond acceptors (Lipinski definition) is 3. The molecular weight excluding hydrogens is 206 g/mol. The van der Waals surface area contributed by atoms with E-state index in [9.17, 15) is 4.79 Å². The number of rotatable bonds is 6. The zero-order chi connectivity index (χ0) is 11.8. The van der Waals surface area contributed by atoms with E-state index in [1.54, 1.807) is 14.2 Å². The van der Waals surface area contributed by atoms with E-state index in [1.807, 2.05) is 24.3 Å². The second-order valence-corrected chi connectivity index (χ2v) is 3.30. The Balaban J connectivity index is 2.24. The van der Waals surface area contributed by atoms with Crippen molar-refractivity contribution in [1.82, 2.24) is 5.32 Å². The smallest absolute Gasteiger partial charge is 0.219 e. The molecule has 0 unspecified atom stereocenters. The van der Waals surface area contributed by atoms with Crippen LogP contribution in [0.3, 0.4) is 0 Å². The highest BCUT2D eigenvalue weighted by Crippen LogP contribution is 2.17. The Morgan fingerprint density at radius 3 is 2.44 bits per heavy atom. The van der Waals surface area contributed by atoms with Crippen molar-refractivity contribution in [3.63, 3.8) is 0 Å². The maximum Gasteiger partial charge on any atom is 0.219 e. The van der Waals surface area contributed by atoms with Crippen LogP contribution in [0, 0.1) is 0 Å². The van der Waals surface area contributed by atoms with Crippen molar-refractivity contribution >= 4 is 5.91 Å². The largest absolute Gasteiger partial charge is 0.497 e. The highest BCUT2D eigenvalue weighted by molar-refractivity contribution is 5.75. The Bertz CT molecular complexity index is 322. The van der Waals surface area contributed by atoms with E-state index in [0.29, 0.717) is 19.4 Å². The van der Waals surface area contributed by atoms with Gasteiger partial charge in [0.15, 0.2) is 0 Å². The van der Waals surface area contributed by atoms with Crippen molar-refractivity contribution in [2.45, 2.75) is 12.8 Å². The van der Waals surface area contributed by atoms with Crippen LogP contribution in [0.5, 0.6) is 11.5 Å². The van der Waals surface area contributed by atoms with Gasteiger partial charge in [-0.1, -0.05) is 0 Å². The summed E-state index contributed by atoms with van der Waals surface area (Å²) < 4.78 is 10.5. The summed E-state index contributed by atoms with van der Waals surface area (Å²) in [5.74, 6) is 1.63. The molecule has 16 heavy (non-hydrogen) atoms. The second-order valence-electron chi connectivity index (χ2n) is 3.30. The van der Waals surface area contributed by atoms with Crippen LogP contribution < -0.4 is 14.8 Å². The summed E-state index contributed by atoms with van der Waals surface area (Å²) >= 11 is 0. The number of carbonyl (C=O) groups is 1. The molecule has 0 radical (unpaired) electrons. The molecule has 0 spiro atoms. The first-order valence-electron chi connectivity index (χ1n) is 5.23. The number of nitrogens with one attached hydrogen (secondary N) is 1. The maximum absolute atomic E-state index is 10.9. The third kappa shape index (κ3) is 4.21. The van der Waals surface area contributed by atoms with E-state index in [1.165, 1.54) is 0 Å². The summed E-state index contributed by atoms with van der Waals surface area (Å²) in [6.45, 7) is 0.541. The fraction of sp³-hybridized carbons (Fsp3) is 0.417. The van der Waals surface area contributed by atoms with Crippen LogP contribution in [0.4, 0.5) is 0 Å². The van der Waals surface area contributed by atoms with Crippen molar-refractivity contribution in [3.05, 3.63) is 24.3 Å². The molecule has 1 amide bonds. The number of ether oxygens (including phenoxy) is 2. The topological polar surface area (TPSA) is 47.6 Å². The first kappa shape index (κ1) is 12.4. The van der Waals surface area contributed by atoms with Gasteiger partial charge in [0.1, 0.15) is 11.5 Å².